The molecule has 0 unspecified atom stereocenters. The fourth-order valence-corrected chi connectivity index (χ4v) is 2.46. The monoisotopic (exact) mass is 306 g/mol. The second-order valence-corrected chi connectivity index (χ2v) is 5.38. The van der Waals surface area contributed by atoms with Gasteiger partial charge < -0.3 is 10.3 Å². The number of aromatic nitrogens is 5. The lowest BCUT2D eigenvalue weighted by Gasteiger charge is -2.34. The summed E-state index contributed by atoms with van der Waals surface area (Å²) in [7, 11) is 0. The van der Waals surface area contributed by atoms with Gasteiger partial charge in [-0.15, -0.1) is 12.4 Å². The minimum atomic E-state index is -0.412. The van der Waals surface area contributed by atoms with Crippen LogP contribution in [0.3, 0.4) is 0 Å². The van der Waals surface area contributed by atoms with Gasteiger partial charge in [-0.25, -0.2) is 4.98 Å². The van der Waals surface area contributed by atoms with Crippen LogP contribution in [0.25, 0.3) is 22.5 Å². The molecule has 3 aromatic heterocycles. The number of aromatic amines is 1. The van der Waals surface area contributed by atoms with Crippen molar-refractivity contribution in [2.45, 2.75) is 31.7 Å². The largest absolute Gasteiger partial charge is 0.334 e. The predicted molar refractivity (Wildman–Crippen MR) is 78.9 cm³/mol. The van der Waals surface area contributed by atoms with Crippen LogP contribution >= 0.6 is 12.4 Å². The quantitative estimate of drug-likeness (QED) is 0.750. The highest BCUT2D eigenvalue weighted by atomic mass is 35.5. The normalized spacial score (nSPS) is 16.5. The summed E-state index contributed by atoms with van der Waals surface area (Å²) in [5, 5.41) is 12.0. The van der Waals surface area contributed by atoms with Crippen LogP contribution in [-0.2, 0) is 5.54 Å². The highest BCUT2D eigenvalue weighted by Gasteiger charge is 2.39. The van der Waals surface area contributed by atoms with E-state index in [2.05, 4.69) is 25.3 Å². The van der Waals surface area contributed by atoms with Crippen LogP contribution in [0.1, 0.15) is 30.8 Å². The maximum absolute atomic E-state index is 6.20. The molecule has 1 saturated carbocycles. The zero-order valence-corrected chi connectivity index (χ0v) is 12.3. The molecule has 1 aliphatic rings. The average Bonchev–Trinajstić information content (AvgIpc) is 3.04. The van der Waals surface area contributed by atoms with Crippen molar-refractivity contribution < 1.29 is 4.52 Å². The van der Waals surface area contributed by atoms with Gasteiger partial charge in [0.25, 0.3) is 5.89 Å². The van der Waals surface area contributed by atoms with E-state index in [0.717, 1.165) is 35.9 Å². The smallest absolute Gasteiger partial charge is 0.259 e. The van der Waals surface area contributed by atoms with Crippen LogP contribution in [0.5, 0.6) is 0 Å². The van der Waals surface area contributed by atoms with Crippen LogP contribution in [0, 0.1) is 6.92 Å². The zero-order valence-electron chi connectivity index (χ0n) is 11.5. The van der Waals surface area contributed by atoms with Crippen molar-refractivity contribution in [1.29, 1.82) is 0 Å². The van der Waals surface area contributed by atoms with Crippen LogP contribution < -0.4 is 5.73 Å². The van der Waals surface area contributed by atoms with Gasteiger partial charge in [0.1, 0.15) is 0 Å². The van der Waals surface area contributed by atoms with E-state index in [9.17, 15) is 0 Å². The van der Waals surface area contributed by atoms with Gasteiger partial charge in [0.05, 0.1) is 11.1 Å². The molecule has 0 radical (unpaired) electrons. The molecule has 0 bridgehead atoms. The van der Waals surface area contributed by atoms with Gasteiger partial charge in [-0.05, 0) is 32.3 Å². The number of aryl methyl sites for hydroxylation is 1. The summed E-state index contributed by atoms with van der Waals surface area (Å²) < 4.78 is 5.33. The Hall–Kier alpha value is -1.99. The summed E-state index contributed by atoms with van der Waals surface area (Å²) in [5.41, 5.74) is 8.21. The summed E-state index contributed by atoms with van der Waals surface area (Å²) in [4.78, 5) is 8.70. The van der Waals surface area contributed by atoms with E-state index in [0.29, 0.717) is 17.4 Å². The number of rotatable bonds is 2. The first kappa shape index (κ1) is 14.0. The molecule has 4 rings (SSSR count). The van der Waals surface area contributed by atoms with E-state index >= 15 is 0 Å². The van der Waals surface area contributed by atoms with Gasteiger partial charge in [-0.2, -0.15) is 10.1 Å². The SMILES string of the molecule is Cc1[nH]nc2ncc(-c3nc(C4(N)CCC4)no3)cc12.Cl. The molecule has 7 nitrogen and oxygen atoms in total. The number of nitrogens with one attached hydrogen (secondary N) is 1. The maximum atomic E-state index is 6.20. The number of hydrogen-bond donors (Lipinski definition) is 2. The molecule has 0 spiro atoms. The minimum absolute atomic E-state index is 0. The number of hydrogen-bond acceptors (Lipinski definition) is 6. The number of fused-ring (bicyclic) bond motifs is 1. The lowest BCUT2D eigenvalue weighted by atomic mass is 9.77. The molecular weight excluding hydrogens is 292 g/mol. The molecule has 8 heteroatoms. The molecular formula is C13H15ClN6O. The molecule has 0 atom stereocenters. The Balaban J connectivity index is 0.00000132. The van der Waals surface area contributed by atoms with E-state index in [4.69, 9.17) is 10.3 Å². The summed E-state index contributed by atoms with van der Waals surface area (Å²) in [5.74, 6) is 1.04. The fraction of sp³-hybridized carbons (Fsp3) is 0.385. The van der Waals surface area contributed by atoms with Gasteiger partial charge in [0.2, 0.25) is 0 Å². The van der Waals surface area contributed by atoms with Crippen LogP contribution in [0.15, 0.2) is 16.8 Å². The van der Waals surface area contributed by atoms with Gasteiger partial charge in [-0.1, -0.05) is 5.16 Å². The van der Waals surface area contributed by atoms with Gasteiger partial charge in [-0.3, -0.25) is 5.10 Å². The van der Waals surface area contributed by atoms with E-state index in [1.807, 2.05) is 13.0 Å². The molecule has 3 aromatic rings. The van der Waals surface area contributed by atoms with E-state index in [-0.39, 0.29) is 12.4 Å². The Morgan fingerprint density at radius 3 is 2.90 bits per heavy atom. The number of H-pyrrole nitrogens is 1. The third kappa shape index (κ3) is 2.09. The van der Waals surface area contributed by atoms with E-state index in [1.54, 1.807) is 6.20 Å². The first-order valence-electron chi connectivity index (χ1n) is 6.60. The molecule has 21 heavy (non-hydrogen) atoms. The number of nitrogens with zero attached hydrogens (tertiary/aromatic N) is 4. The number of nitrogens with two attached hydrogens (primary N) is 1. The summed E-state index contributed by atoms with van der Waals surface area (Å²) >= 11 is 0. The van der Waals surface area contributed by atoms with E-state index in [1.165, 1.54) is 0 Å². The van der Waals surface area contributed by atoms with Crippen LogP contribution in [-0.4, -0.2) is 25.3 Å². The van der Waals surface area contributed by atoms with Gasteiger partial charge >= 0.3 is 0 Å². The molecule has 1 fully saturated rings. The van der Waals surface area contributed by atoms with Crippen molar-refractivity contribution >= 4 is 23.4 Å². The molecule has 0 amide bonds. The fourth-order valence-electron chi connectivity index (χ4n) is 2.46. The van der Waals surface area contributed by atoms with E-state index < -0.39 is 5.54 Å². The molecule has 110 valence electrons. The minimum Gasteiger partial charge on any atom is -0.334 e. The van der Waals surface area contributed by atoms with Gasteiger partial charge in [0, 0.05) is 17.3 Å². The second kappa shape index (κ2) is 4.78. The van der Waals surface area contributed by atoms with Crippen molar-refractivity contribution in [1.82, 2.24) is 25.3 Å². The summed E-state index contributed by atoms with van der Waals surface area (Å²) in [6.07, 6.45) is 4.61. The predicted octanol–water partition coefficient (Wildman–Crippen LogP) is 2.08. The van der Waals surface area contributed by atoms with Gasteiger partial charge in [0.15, 0.2) is 11.5 Å². The number of halogens is 1. The standard InChI is InChI=1S/C13H14N6O.ClH/c1-7-9-5-8(6-15-10(9)18-17-7)11-16-12(19-20-11)13(14)3-2-4-13;/h5-6H,2-4,14H2,1H3,(H,15,17,18);1H. The molecule has 3 heterocycles. The highest BCUT2D eigenvalue weighted by Crippen LogP contribution is 2.37. The summed E-state index contributed by atoms with van der Waals surface area (Å²) in [6, 6.07) is 1.95. The molecule has 0 aromatic carbocycles. The van der Waals surface area contributed by atoms with Crippen molar-refractivity contribution in [3.8, 4) is 11.5 Å². The lowest BCUT2D eigenvalue weighted by Crippen LogP contribution is -2.44. The Labute approximate surface area is 126 Å². The molecule has 0 aliphatic heterocycles. The Bertz CT molecular complexity index is 791. The average molecular weight is 307 g/mol. The topological polar surface area (TPSA) is 107 Å². The third-order valence-corrected chi connectivity index (χ3v) is 3.96. The highest BCUT2D eigenvalue weighted by molar-refractivity contribution is 5.85. The van der Waals surface area contributed by atoms with Crippen molar-refractivity contribution in [2.75, 3.05) is 0 Å². The van der Waals surface area contributed by atoms with Crippen LogP contribution in [0.4, 0.5) is 0 Å². The third-order valence-electron chi connectivity index (χ3n) is 3.96. The van der Waals surface area contributed by atoms with Crippen molar-refractivity contribution in [3.05, 3.63) is 23.8 Å². The first-order valence-corrected chi connectivity index (χ1v) is 6.60. The maximum Gasteiger partial charge on any atom is 0.259 e. The Kier molecular flexibility index (Phi) is 3.18. The molecule has 3 N–H and O–H groups in total. The molecule has 0 saturated heterocycles. The summed E-state index contributed by atoms with van der Waals surface area (Å²) in [6.45, 7) is 1.95. The zero-order chi connectivity index (χ0) is 13.7. The molecule has 1 aliphatic carbocycles. The first-order chi connectivity index (χ1) is 9.66. The Morgan fingerprint density at radius 2 is 2.19 bits per heavy atom. The lowest BCUT2D eigenvalue weighted by molar-refractivity contribution is 0.229. The van der Waals surface area contributed by atoms with Crippen molar-refractivity contribution in [3.63, 3.8) is 0 Å². The van der Waals surface area contributed by atoms with Crippen LogP contribution in [0.2, 0.25) is 0 Å². The second-order valence-electron chi connectivity index (χ2n) is 5.38. The number of pyridine rings is 1. The van der Waals surface area contributed by atoms with Crippen molar-refractivity contribution in [2.24, 2.45) is 5.73 Å². The Morgan fingerprint density at radius 1 is 1.38 bits per heavy atom.